The van der Waals surface area contributed by atoms with Crippen molar-refractivity contribution in [2.45, 2.75) is 20.3 Å². The first-order valence-corrected chi connectivity index (χ1v) is 6.85. The van der Waals surface area contributed by atoms with E-state index in [1.165, 1.54) is 5.56 Å². The molecule has 0 heterocycles. The maximum atomic E-state index is 6.09. The summed E-state index contributed by atoms with van der Waals surface area (Å²) in [4.78, 5) is 0. The molecule has 0 aliphatic carbocycles. The fourth-order valence-electron chi connectivity index (χ4n) is 1.65. The number of alkyl halides is 2. The average Bonchev–Trinajstić information content (AvgIpc) is 2.28. The van der Waals surface area contributed by atoms with Gasteiger partial charge in [-0.3, -0.25) is 0 Å². The zero-order chi connectivity index (χ0) is 12.2. The molecule has 0 amide bonds. The minimum atomic E-state index is -0.0308. The Morgan fingerprint density at radius 3 is 1.94 bits per heavy atom. The molecular weight excluding hydrogens is 263 g/mol. The van der Waals surface area contributed by atoms with Crippen LogP contribution in [0.1, 0.15) is 19.4 Å². The molecule has 16 heavy (non-hydrogen) atoms. The first kappa shape index (κ1) is 14.2. The maximum absolute atomic E-state index is 6.09. The quantitative estimate of drug-likeness (QED) is 0.665. The van der Waals surface area contributed by atoms with Gasteiger partial charge < -0.3 is 0 Å². The second kappa shape index (κ2) is 6.14. The van der Waals surface area contributed by atoms with Crippen LogP contribution in [-0.2, 0) is 6.42 Å². The SMILES string of the molecule is CC(C)C(CCl)(CCl)Cc1ccc(Cl)cc1. The molecule has 0 radical (unpaired) electrons. The van der Waals surface area contributed by atoms with Crippen molar-refractivity contribution in [3.63, 3.8) is 0 Å². The Hall–Kier alpha value is 0.0900. The van der Waals surface area contributed by atoms with Crippen LogP contribution < -0.4 is 0 Å². The minimum absolute atomic E-state index is 0.0308. The van der Waals surface area contributed by atoms with E-state index in [4.69, 9.17) is 34.8 Å². The van der Waals surface area contributed by atoms with Crippen molar-refractivity contribution >= 4 is 34.8 Å². The normalized spacial score (nSPS) is 12.1. The van der Waals surface area contributed by atoms with Crippen LogP contribution in [0.25, 0.3) is 0 Å². The van der Waals surface area contributed by atoms with Crippen LogP contribution in [0.15, 0.2) is 24.3 Å². The van der Waals surface area contributed by atoms with Crippen molar-refractivity contribution in [3.8, 4) is 0 Å². The molecule has 1 aromatic rings. The number of benzene rings is 1. The van der Waals surface area contributed by atoms with Crippen LogP contribution in [0.2, 0.25) is 5.02 Å². The van der Waals surface area contributed by atoms with Crippen molar-refractivity contribution in [3.05, 3.63) is 34.9 Å². The van der Waals surface area contributed by atoms with Crippen molar-refractivity contribution in [1.29, 1.82) is 0 Å². The first-order chi connectivity index (χ1) is 7.54. The van der Waals surface area contributed by atoms with Crippen LogP contribution in [0, 0.1) is 11.3 Å². The van der Waals surface area contributed by atoms with Gasteiger partial charge in [-0.15, -0.1) is 23.2 Å². The summed E-state index contributed by atoms with van der Waals surface area (Å²) in [6, 6.07) is 7.89. The Balaban J connectivity index is 2.87. The van der Waals surface area contributed by atoms with E-state index < -0.39 is 0 Å². The van der Waals surface area contributed by atoms with E-state index in [0.717, 1.165) is 11.4 Å². The molecule has 3 heteroatoms. The van der Waals surface area contributed by atoms with Gasteiger partial charge in [-0.25, -0.2) is 0 Å². The summed E-state index contributed by atoms with van der Waals surface area (Å²) >= 11 is 18.0. The van der Waals surface area contributed by atoms with Gasteiger partial charge in [0.2, 0.25) is 0 Å². The highest BCUT2D eigenvalue weighted by atomic mass is 35.5. The summed E-state index contributed by atoms with van der Waals surface area (Å²) < 4.78 is 0. The molecule has 0 aliphatic heterocycles. The van der Waals surface area contributed by atoms with Crippen LogP contribution >= 0.6 is 34.8 Å². The number of hydrogen-bond acceptors (Lipinski definition) is 0. The van der Waals surface area contributed by atoms with Gasteiger partial charge in [0.05, 0.1) is 0 Å². The predicted molar refractivity (Wildman–Crippen MR) is 73.9 cm³/mol. The Bertz CT molecular complexity index is 312. The topological polar surface area (TPSA) is 0 Å². The Morgan fingerprint density at radius 2 is 1.56 bits per heavy atom. The van der Waals surface area contributed by atoms with Crippen LogP contribution in [0.3, 0.4) is 0 Å². The van der Waals surface area contributed by atoms with E-state index in [2.05, 4.69) is 13.8 Å². The van der Waals surface area contributed by atoms with Gasteiger partial charge in [0, 0.05) is 22.2 Å². The fraction of sp³-hybridized carbons (Fsp3) is 0.538. The van der Waals surface area contributed by atoms with Crippen molar-refractivity contribution in [1.82, 2.24) is 0 Å². The molecular formula is C13H17Cl3. The maximum Gasteiger partial charge on any atom is 0.0406 e. The van der Waals surface area contributed by atoms with Crippen LogP contribution in [0.5, 0.6) is 0 Å². The second-order valence-corrected chi connectivity index (χ2v) is 5.56. The Kier molecular flexibility index (Phi) is 5.43. The molecule has 0 unspecified atom stereocenters. The fourth-order valence-corrected chi connectivity index (χ4v) is 2.87. The van der Waals surface area contributed by atoms with Crippen LogP contribution in [0.4, 0.5) is 0 Å². The zero-order valence-electron chi connectivity index (χ0n) is 9.64. The van der Waals surface area contributed by atoms with Crippen molar-refractivity contribution in [2.75, 3.05) is 11.8 Å². The van der Waals surface area contributed by atoms with Gasteiger partial charge in [0.15, 0.2) is 0 Å². The Morgan fingerprint density at radius 1 is 1.06 bits per heavy atom. The molecule has 0 spiro atoms. The summed E-state index contributed by atoms with van der Waals surface area (Å²) in [5.41, 5.74) is 1.20. The standard InChI is InChI=1S/C13H17Cl3/c1-10(2)13(8-14,9-15)7-11-3-5-12(16)6-4-11/h3-6,10H,7-9H2,1-2H3. The van der Waals surface area contributed by atoms with Crippen molar-refractivity contribution in [2.24, 2.45) is 11.3 Å². The summed E-state index contributed by atoms with van der Waals surface area (Å²) in [5, 5.41) is 0.760. The number of rotatable bonds is 5. The lowest BCUT2D eigenvalue weighted by atomic mass is 9.76. The van der Waals surface area contributed by atoms with Crippen LogP contribution in [-0.4, -0.2) is 11.8 Å². The predicted octanol–water partition coefficient (Wildman–Crippen LogP) is 5.00. The lowest BCUT2D eigenvalue weighted by molar-refractivity contribution is 0.259. The third kappa shape index (κ3) is 3.29. The first-order valence-electron chi connectivity index (χ1n) is 5.40. The lowest BCUT2D eigenvalue weighted by Crippen LogP contribution is -2.34. The largest absolute Gasteiger partial charge is 0.126 e. The van der Waals surface area contributed by atoms with E-state index in [9.17, 15) is 0 Å². The highest BCUT2D eigenvalue weighted by Crippen LogP contribution is 2.34. The zero-order valence-corrected chi connectivity index (χ0v) is 11.9. The molecule has 1 rings (SSSR count). The Labute approximate surface area is 113 Å². The van der Waals surface area contributed by atoms with E-state index in [1.54, 1.807) is 0 Å². The minimum Gasteiger partial charge on any atom is -0.126 e. The number of halogens is 3. The summed E-state index contributed by atoms with van der Waals surface area (Å²) in [7, 11) is 0. The molecule has 0 bridgehead atoms. The monoisotopic (exact) mass is 278 g/mol. The number of hydrogen-bond donors (Lipinski definition) is 0. The molecule has 1 aromatic carbocycles. The summed E-state index contributed by atoms with van der Waals surface area (Å²) in [6.07, 6.45) is 0.898. The highest BCUT2D eigenvalue weighted by Gasteiger charge is 2.32. The van der Waals surface area contributed by atoms with E-state index in [-0.39, 0.29) is 5.41 Å². The van der Waals surface area contributed by atoms with E-state index in [0.29, 0.717) is 17.7 Å². The summed E-state index contributed by atoms with van der Waals surface area (Å²) in [6.45, 7) is 4.33. The smallest absolute Gasteiger partial charge is 0.0406 e. The molecule has 0 nitrogen and oxygen atoms in total. The second-order valence-electron chi connectivity index (χ2n) is 4.59. The summed E-state index contributed by atoms with van der Waals surface area (Å²) in [5.74, 6) is 1.62. The van der Waals surface area contributed by atoms with Crippen molar-refractivity contribution < 1.29 is 0 Å². The molecule has 0 saturated heterocycles. The van der Waals surface area contributed by atoms with Gasteiger partial charge in [0.1, 0.15) is 0 Å². The lowest BCUT2D eigenvalue weighted by Gasteiger charge is -2.34. The van der Waals surface area contributed by atoms with Gasteiger partial charge >= 0.3 is 0 Å². The average molecular weight is 280 g/mol. The molecule has 0 N–H and O–H groups in total. The highest BCUT2D eigenvalue weighted by molar-refractivity contribution is 6.30. The van der Waals surface area contributed by atoms with Gasteiger partial charge in [0.25, 0.3) is 0 Å². The van der Waals surface area contributed by atoms with E-state index >= 15 is 0 Å². The molecule has 0 aromatic heterocycles. The van der Waals surface area contributed by atoms with Gasteiger partial charge in [-0.2, -0.15) is 0 Å². The van der Waals surface area contributed by atoms with Gasteiger partial charge in [-0.1, -0.05) is 37.6 Å². The molecule has 0 aliphatic rings. The molecule has 90 valence electrons. The third-order valence-electron chi connectivity index (χ3n) is 3.23. The van der Waals surface area contributed by atoms with E-state index in [1.807, 2.05) is 24.3 Å². The molecule has 0 fully saturated rings. The molecule has 0 saturated carbocycles. The third-order valence-corrected chi connectivity index (χ3v) is 4.54. The molecule has 0 atom stereocenters. The van der Waals surface area contributed by atoms with Gasteiger partial charge in [-0.05, 0) is 30.0 Å².